The Hall–Kier alpha value is -3.49. The highest BCUT2D eigenvalue weighted by molar-refractivity contribution is 5.97. The van der Waals surface area contributed by atoms with Gasteiger partial charge in [0.1, 0.15) is 34.3 Å². The van der Waals surface area contributed by atoms with E-state index in [0.717, 1.165) is 38.5 Å². The highest BCUT2D eigenvalue weighted by Gasteiger charge is 2.45. The lowest BCUT2D eigenvalue weighted by Crippen LogP contribution is -2.56. The minimum atomic E-state index is -2.81. The van der Waals surface area contributed by atoms with Crippen molar-refractivity contribution in [1.29, 1.82) is 0 Å². The summed E-state index contributed by atoms with van der Waals surface area (Å²) in [5.41, 5.74) is 4.97. The van der Waals surface area contributed by atoms with Crippen LogP contribution >= 0.6 is 0 Å². The number of nitrogens with two attached hydrogens (primary N) is 1. The van der Waals surface area contributed by atoms with Crippen LogP contribution in [0.2, 0.25) is 0 Å². The fourth-order valence-corrected chi connectivity index (χ4v) is 6.76. The molecule has 10 nitrogen and oxygen atoms in total. The molecule has 2 atom stereocenters. The number of nitrogens with zero attached hydrogens (tertiary/aromatic N) is 5. The van der Waals surface area contributed by atoms with Crippen LogP contribution in [0.15, 0.2) is 6.07 Å². The number of hydrogen-bond donors (Lipinski definition) is 2. The Balaban J connectivity index is 1.35. The number of pyridine rings is 1. The van der Waals surface area contributed by atoms with E-state index in [2.05, 4.69) is 25.1 Å². The van der Waals surface area contributed by atoms with E-state index in [-0.39, 0.29) is 62.3 Å². The number of anilines is 2. The number of nitrogens with one attached hydrogen (secondary N) is 1. The Morgan fingerprint density at radius 2 is 1.91 bits per heavy atom. The van der Waals surface area contributed by atoms with Gasteiger partial charge in [0.25, 0.3) is 0 Å². The number of halogens is 4. The maximum absolute atomic E-state index is 16.8. The lowest BCUT2D eigenvalue weighted by Gasteiger charge is -2.38. The first-order valence-electron chi connectivity index (χ1n) is 15.5. The summed E-state index contributed by atoms with van der Waals surface area (Å²) in [6, 6.07) is 1.01. The molecule has 1 saturated carbocycles. The molecule has 3 N–H and O–H groups in total. The van der Waals surface area contributed by atoms with Gasteiger partial charge in [0.05, 0.1) is 31.5 Å². The van der Waals surface area contributed by atoms with Crippen LogP contribution in [0.1, 0.15) is 30.9 Å². The van der Waals surface area contributed by atoms with Crippen LogP contribution in [0.25, 0.3) is 22.2 Å². The molecule has 0 radical (unpaired) electrons. The van der Waals surface area contributed by atoms with Gasteiger partial charge in [0, 0.05) is 56.7 Å². The van der Waals surface area contributed by atoms with E-state index in [1.54, 1.807) is 0 Å². The number of morpholine rings is 1. The van der Waals surface area contributed by atoms with Crippen molar-refractivity contribution in [2.24, 2.45) is 5.41 Å². The zero-order valence-electron chi connectivity index (χ0n) is 25.3. The largest absolute Gasteiger partial charge is 0.472 e. The van der Waals surface area contributed by atoms with Crippen LogP contribution in [0, 0.1) is 24.0 Å². The summed E-state index contributed by atoms with van der Waals surface area (Å²) in [6.07, 6.45) is -2.01. The topological polar surface area (TPSA) is 111 Å². The summed E-state index contributed by atoms with van der Waals surface area (Å²) < 4.78 is 77.0. The number of rotatable bonds is 8. The molecule has 0 unspecified atom stereocenters. The standard InChI is InChI=1S/C31H37F4N7O3/c1-16-18(12-22(32)33)19(11-20(36)24(16)34)26-25(35)27-23-28(42-6-5-37-13-21(42)17(2)45-29(23)38-26)40-30(39-27)44-15-31(3-4-31)14-41-7-9-43-10-8-41/h11,17,21-22,37H,3-10,12-15,36H2,1-2H3/t17-,21-/m0/s1. The Kier molecular flexibility index (Phi) is 7.85. The van der Waals surface area contributed by atoms with Gasteiger partial charge < -0.3 is 30.2 Å². The molecule has 7 rings (SSSR count). The minimum absolute atomic E-state index is 0.0159. The lowest BCUT2D eigenvalue weighted by atomic mass is 9.94. The van der Waals surface area contributed by atoms with Gasteiger partial charge in [-0.1, -0.05) is 0 Å². The molecule has 242 valence electrons. The number of fused-ring (bicyclic) bond motifs is 2. The van der Waals surface area contributed by atoms with Crippen LogP contribution in [-0.4, -0.2) is 97.5 Å². The number of hydrogen-bond acceptors (Lipinski definition) is 10. The molecule has 3 fully saturated rings. The zero-order chi connectivity index (χ0) is 31.5. The molecule has 5 heterocycles. The summed E-state index contributed by atoms with van der Waals surface area (Å²) in [7, 11) is 0. The van der Waals surface area contributed by atoms with Crippen LogP contribution in [-0.2, 0) is 11.2 Å². The first kappa shape index (κ1) is 30.2. The fourth-order valence-electron chi connectivity index (χ4n) is 6.76. The smallest absolute Gasteiger partial charge is 0.319 e. The molecule has 3 aliphatic heterocycles. The Bertz CT molecular complexity index is 1620. The number of aromatic nitrogens is 3. The van der Waals surface area contributed by atoms with Crippen molar-refractivity contribution in [3.8, 4) is 23.1 Å². The van der Waals surface area contributed by atoms with Gasteiger partial charge in [-0.25, -0.2) is 22.5 Å². The molecule has 1 aromatic carbocycles. The maximum Gasteiger partial charge on any atom is 0.319 e. The van der Waals surface area contributed by atoms with E-state index in [1.165, 1.54) is 6.92 Å². The van der Waals surface area contributed by atoms with Crippen molar-refractivity contribution in [2.45, 2.75) is 51.7 Å². The maximum atomic E-state index is 16.8. The average molecular weight is 632 g/mol. The van der Waals surface area contributed by atoms with Crippen molar-refractivity contribution in [2.75, 3.05) is 69.7 Å². The molecule has 14 heteroatoms. The normalized spacial score (nSPS) is 22.7. The van der Waals surface area contributed by atoms with Gasteiger partial charge >= 0.3 is 6.01 Å². The molecule has 3 aromatic rings. The molecular formula is C31H37F4N7O3. The Labute approximate surface area is 258 Å². The van der Waals surface area contributed by atoms with Crippen molar-refractivity contribution < 1.29 is 31.8 Å². The van der Waals surface area contributed by atoms with E-state index >= 15 is 4.39 Å². The molecule has 0 bridgehead atoms. The van der Waals surface area contributed by atoms with Crippen molar-refractivity contribution >= 4 is 22.4 Å². The van der Waals surface area contributed by atoms with Crippen molar-refractivity contribution in [1.82, 2.24) is 25.2 Å². The van der Waals surface area contributed by atoms with Gasteiger partial charge in [-0.3, -0.25) is 4.90 Å². The third-order valence-electron chi connectivity index (χ3n) is 9.51. The second-order valence-corrected chi connectivity index (χ2v) is 12.6. The van der Waals surface area contributed by atoms with E-state index in [9.17, 15) is 13.2 Å². The molecule has 0 amide bonds. The van der Waals surface area contributed by atoms with Crippen LogP contribution in [0.4, 0.5) is 29.1 Å². The number of alkyl halides is 2. The number of piperazine rings is 1. The number of ether oxygens (including phenoxy) is 3. The van der Waals surface area contributed by atoms with Gasteiger partial charge in [-0.05, 0) is 43.9 Å². The Morgan fingerprint density at radius 3 is 2.64 bits per heavy atom. The second kappa shape index (κ2) is 11.7. The lowest BCUT2D eigenvalue weighted by molar-refractivity contribution is 0.0231. The first-order valence-corrected chi connectivity index (χ1v) is 15.5. The molecule has 2 aromatic heterocycles. The predicted octanol–water partition coefficient (Wildman–Crippen LogP) is 3.72. The monoisotopic (exact) mass is 631 g/mol. The van der Waals surface area contributed by atoms with Gasteiger partial charge in [-0.2, -0.15) is 9.97 Å². The molecule has 2 saturated heterocycles. The van der Waals surface area contributed by atoms with E-state index in [0.29, 0.717) is 45.3 Å². The van der Waals surface area contributed by atoms with Crippen LogP contribution in [0.5, 0.6) is 11.9 Å². The molecule has 4 aliphatic rings. The van der Waals surface area contributed by atoms with Gasteiger partial charge in [0.2, 0.25) is 12.3 Å². The van der Waals surface area contributed by atoms with E-state index in [1.807, 2.05) is 6.92 Å². The predicted molar refractivity (Wildman–Crippen MR) is 160 cm³/mol. The summed E-state index contributed by atoms with van der Waals surface area (Å²) in [5, 5.41) is 3.65. The van der Waals surface area contributed by atoms with Crippen LogP contribution < -0.4 is 25.4 Å². The summed E-state index contributed by atoms with van der Waals surface area (Å²) >= 11 is 0. The summed E-state index contributed by atoms with van der Waals surface area (Å²) in [5.74, 6) is -1.18. The second-order valence-electron chi connectivity index (χ2n) is 12.6. The first-order chi connectivity index (χ1) is 21.6. The van der Waals surface area contributed by atoms with Gasteiger partial charge in [-0.15, -0.1) is 0 Å². The number of benzene rings is 1. The fraction of sp³-hybridized carbons (Fsp3) is 0.581. The Morgan fingerprint density at radius 1 is 1.13 bits per heavy atom. The van der Waals surface area contributed by atoms with Crippen molar-refractivity contribution in [3.05, 3.63) is 28.8 Å². The van der Waals surface area contributed by atoms with E-state index in [4.69, 9.17) is 24.9 Å². The minimum Gasteiger partial charge on any atom is -0.472 e. The molecular weight excluding hydrogens is 594 g/mol. The third kappa shape index (κ3) is 5.61. The highest BCUT2D eigenvalue weighted by Crippen LogP contribution is 2.47. The van der Waals surface area contributed by atoms with Gasteiger partial charge in [0.15, 0.2) is 5.82 Å². The summed E-state index contributed by atoms with van der Waals surface area (Å²) in [4.78, 5) is 18.3. The third-order valence-corrected chi connectivity index (χ3v) is 9.51. The van der Waals surface area contributed by atoms with Crippen molar-refractivity contribution in [3.63, 3.8) is 0 Å². The molecule has 1 aliphatic carbocycles. The van der Waals surface area contributed by atoms with E-state index < -0.39 is 30.6 Å². The zero-order valence-corrected chi connectivity index (χ0v) is 25.3. The number of nitrogen functional groups attached to an aromatic ring is 1. The molecule has 45 heavy (non-hydrogen) atoms. The molecule has 0 spiro atoms. The summed E-state index contributed by atoms with van der Waals surface area (Å²) in [6.45, 7) is 9.48. The average Bonchev–Trinajstić information content (AvgIpc) is 3.82. The SMILES string of the molecule is Cc1c(F)c(N)cc(-c2nc3c4c(nc(OCC5(CN6CCOCC6)CC5)nc4c2F)N2CCNC[C@H]2[C@H](C)O3)c1CC(F)F. The van der Waals surface area contributed by atoms with Crippen LogP contribution in [0.3, 0.4) is 0 Å². The highest BCUT2D eigenvalue weighted by atomic mass is 19.3. The quantitative estimate of drug-likeness (QED) is 0.282.